The molecule has 2 amide bonds. The van der Waals surface area contributed by atoms with Gasteiger partial charge in [0.05, 0.1) is 0 Å². The van der Waals surface area contributed by atoms with Crippen molar-refractivity contribution in [1.82, 2.24) is 10.4 Å². The van der Waals surface area contributed by atoms with Crippen LogP contribution in [0.1, 0.15) is 0 Å². The number of benzene rings is 1. The number of oxazole rings is 1. The highest BCUT2D eigenvalue weighted by Crippen LogP contribution is 2.17. The molecule has 4 N–H and O–H groups in total. The molecule has 0 aliphatic rings. The maximum Gasteiger partial charge on any atom is 0.336 e. The fourth-order valence-electron chi connectivity index (χ4n) is 1.06. The van der Waals surface area contributed by atoms with Crippen LogP contribution >= 0.6 is 0 Å². The van der Waals surface area contributed by atoms with Crippen molar-refractivity contribution in [3.8, 4) is 0 Å². The number of fused-ring (bicyclic) bond motifs is 1. The molecule has 2 aromatic rings. The number of nitrogens with one attached hydrogen (secondary N) is 2. The van der Waals surface area contributed by atoms with Gasteiger partial charge in [0, 0.05) is 0 Å². The van der Waals surface area contributed by atoms with Gasteiger partial charge < -0.3 is 4.42 Å². The summed E-state index contributed by atoms with van der Waals surface area (Å²) in [7, 11) is 0. The number of hydrazine groups is 1. The molecule has 0 unspecified atom stereocenters. The fraction of sp³-hybridized carbons (Fsp3) is 0. The Bertz CT molecular complexity index is 432. The third-order valence-corrected chi connectivity index (χ3v) is 1.65. The number of amides is 2. The molecule has 0 aliphatic heterocycles. The van der Waals surface area contributed by atoms with E-state index in [-0.39, 0.29) is 6.01 Å². The molecule has 1 aromatic heterocycles. The highest BCUT2D eigenvalue weighted by molar-refractivity contribution is 5.88. The van der Waals surface area contributed by atoms with E-state index in [1.165, 1.54) is 0 Å². The predicted molar refractivity (Wildman–Crippen MR) is 50.4 cm³/mol. The standard InChI is InChI=1S/C8H8N4O2/c9-12-7(13)11-8-10-5-3-1-2-4-6(5)14-8/h1-4H,9H2,(H2,10,11,12,13). The highest BCUT2D eigenvalue weighted by atomic mass is 16.4. The summed E-state index contributed by atoms with van der Waals surface area (Å²) in [6.45, 7) is 0. The topological polar surface area (TPSA) is 93.2 Å². The molecule has 0 radical (unpaired) electrons. The molecule has 0 spiro atoms. The Kier molecular flexibility index (Phi) is 2.04. The summed E-state index contributed by atoms with van der Waals surface area (Å²) in [5.74, 6) is 4.88. The van der Waals surface area contributed by atoms with Crippen LogP contribution in [0.5, 0.6) is 0 Å². The Morgan fingerprint density at radius 1 is 1.43 bits per heavy atom. The van der Waals surface area contributed by atoms with Crippen LogP contribution in [0.3, 0.4) is 0 Å². The van der Waals surface area contributed by atoms with Gasteiger partial charge in [0.2, 0.25) is 0 Å². The van der Waals surface area contributed by atoms with Crippen molar-refractivity contribution in [2.24, 2.45) is 5.84 Å². The van der Waals surface area contributed by atoms with Crippen molar-refractivity contribution in [1.29, 1.82) is 0 Å². The molecular weight excluding hydrogens is 184 g/mol. The van der Waals surface area contributed by atoms with Crippen molar-refractivity contribution < 1.29 is 9.21 Å². The third kappa shape index (κ3) is 1.50. The lowest BCUT2D eigenvalue weighted by molar-refractivity contribution is 0.251. The first-order valence-corrected chi connectivity index (χ1v) is 3.93. The van der Waals surface area contributed by atoms with Gasteiger partial charge in [-0.25, -0.2) is 10.6 Å². The summed E-state index contributed by atoms with van der Waals surface area (Å²) in [6.07, 6.45) is 0. The molecule has 0 fully saturated rings. The summed E-state index contributed by atoms with van der Waals surface area (Å²) in [5, 5.41) is 2.33. The minimum atomic E-state index is -0.573. The molecule has 2 rings (SSSR count). The monoisotopic (exact) mass is 192 g/mol. The van der Waals surface area contributed by atoms with Crippen LogP contribution < -0.4 is 16.6 Å². The van der Waals surface area contributed by atoms with Gasteiger partial charge in [0.25, 0.3) is 0 Å². The molecule has 72 valence electrons. The Hall–Kier alpha value is -2.08. The van der Waals surface area contributed by atoms with E-state index in [0.717, 1.165) is 0 Å². The molecule has 6 heteroatoms. The summed E-state index contributed by atoms with van der Waals surface area (Å²) in [5.41, 5.74) is 3.20. The van der Waals surface area contributed by atoms with E-state index in [1.54, 1.807) is 12.1 Å². The Labute approximate surface area is 79.1 Å². The van der Waals surface area contributed by atoms with E-state index in [2.05, 4.69) is 10.3 Å². The second-order valence-electron chi connectivity index (χ2n) is 2.59. The highest BCUT2D eigenvalue weighted by Gasteiger charge is 2.06. The quantitative estimate of drug-likeness (QED) is 0.354. The molecule has 0 saturated carbocycles. The zero-order chi connectivity index (χ0) is 9.97. The van der Waals surface area contributed by atoms with Crippen molar-refractivity contribution in [2.75, 3.05) is 5.32 Å². The average molecular weight is 192 g/mol. The zero-order valence-corrected chi connectivity index (χ0v) is 7.15. The van der Waals surface area contributed by atoms with Crippen molar-refractivity contribution in [2.45, 2.75) is 0 Å². The number of hydrogen-bond acceptors (Lipinski definition) is 4. The summed E-state index contributed by atoms with van der Waals surface area (Å²) < 4.78 is 5.20. The Morgan fingerprint density at radius 3 is 2.93 bits per heavy atom. The van der Waals surface area contributed by atoms with Gasteiger partial charge in [-0.3, -0.25) is 10.7 Å². The summed E-state index contributed by atoms with van der Waals surface area (Å²) in [6, 6.07) is 6.74. The number of urea groups is 1. The smallest absolute Gasteiger partial charge is 0.336 e. The molecule has 0 aliphatic carbocycles. The lowest BCUT2D eigenvalue weighted by Crippen LogP contribution is -2.34. The minimum absolute atomic E-state index is 0.120. The SMILES string of the molecule is NNC(=O)Nc1nc2ccccc2o1. The summed E-state index contributed by atoms with van der Waals surface area (Å²) >= 11 is 0. The minimum Gasteiger partial charge on any atom is -0.423 e. The van der Waals surface area contributed by atoms with E-state index < -0.39 is 6.03 Å². The van der Waals surface area contributed by atoms with Gasteiger partial charge in [-0.15, -0.1) is 0 Å². The van der Waals surface area contributed by atoms with E-state index in [4.69, 9.17) is 10.3 Å². The first-order valence-electron chi connectivity index (χ1n) is 3.93. The zero-order valence-electron chi connectivity index (χ0n) is 7.15. The van der Waals surface area contributed by atoms with Crippen LogP contribution in [0.2, 0.25) is 0 Å². The number of carbonyl (C=O) groups excluding carboxylic acids is 1. The number of para-hydroxylation sites is 2. The van der Waals surface area contributed by atoms with Gasteiger partial charge in [0.1, 0.15) is 5.52 Å². The number of carbonyl (C=O) groups is 1. The largest absolute Gasteiger partial charge is 0.423 e. The molecule has 0 atom stereocenters. The maximum atomic E-state index is 10.8. The van der Waals surface area contributed by atoms with Crippen LogP contribution in [-0.2, 0) is 0 Å². The van der Waals surface area contributed by atoms with Gasteiger partial charge in [0.15, 0.2) is 5.58 Å². The first kappa shape index (κ1) is 8.52. The van der Waals surface area contributed by atoms with Crippen LogP contribution in [0, 0.1) is 0 Å². The van der Waals surface area contributed by atoms with Crippen LogP contribution in [0.4, 0.5) is 10.8 Å². The lowest BCUT2D eigenvalue weighted by Gasteiger charge is -1.96. The molecule has 1 aromatic carbocycles. The molecule has 0 saturated heterocycles. The van der Waals surface area contributed by atoms with Gasteiger partial charge in [-0.1, -0.05) is 12.1 Å². The van der Waals surface area contributed by atoms with Gasteiger partial charge in [-0.05, 0) is 12.1 Å². The summed E-state index contributed by atoms with van der Waals surface area (Å²) in [4.78, 5) is 14.8. The predicted octanol–water partition coefficient (Wildman–Crippen LogP) is 0.823. The molecule has 6 nitrogen and oxygen atoms in total. The first-order chi connectivity index (χ1) is 6.79. The van der Waals surface area contributed by atoms with E-state index in [9.17, 15) is 4.79 Å². The lowest BCUT2D eigenvalue weighted by atomic mass is 10.3. The van der Waals surface area contributed by atoms with E-state index in [0.29, 0.717) is 11.1 Å². The van der Waals surface area contributed by atoms with Gasteiger partial charge >= 0.3 is 12.0 Å². The number of anilines is 1. The number of aromatic nitrogens is 1. The van der Waals surface area contributed by atoms with Gasteiger partial charge in [-0.2, -0.15) is 4.98 Å². The van der Waals surface area contributed by atoms with Crippen LogP contribution in [-0.4, -0.2) is 11.0 Å². The van der Waals surface area contributed by atoms with Crippen molar-refractivity contribution >= 4 is 23.1 Å². The normalized spacial score (nSPS) is 10.1. The molecule has 0 bridgehead atoms. The number of hydrogen-bond donors (Lipinski definition) is 3. The third-order valence-electron chi connectivity index (χ3n) is 1.65. The van der Waals surface area contributed by atoms with E-state index in [1.807, 2.05) is 17.6 Å². The molecule has 14 heavy (non-hydrogen) atoms. The average Bonchev–Trinajstić information content (AvgIpc) is 2.59. The second-order valence-corrected chi connectivity index (χ2v) is 2.59. The fourth-order valence-corrected chi connectivity index (χ4v) is 1.06. The van der Waals surface area contributed by atoms with Crippen LogP contribution in [0.15, 0.2) is 28.7 Å². The Balaban J connectivity index is 2.31. The number of rotatable bonds is 1. The number of nitrogens with two attached hydrogens (primary N) is 1. The van der Waals surface area contributed by atoms with Crippen molar-refractivity contribution in [3.63, 3.8) is 0 Å². The second kappa shape index (κ2) is 3.35. The Morgan fingerprint density at radius 2 is 2.21 bits per heavy atom. The maximum absolute atomic E-state index is 10.8. The number of nitrogens with zero attached hydrogens (tertiary/aromatic N) is 1. The van der Waals surface area contributed by atoms with Crippen LogP contribution in [0.25, 0.3) is 11.1 Å². The molecule has 1 heterocycles. The van der Waals surface area contributed by atoms with E-state index >= 15 is 0 Å². The molecular formula is C8H8N4O2. The van der Waals surface area contributed by atoms with Crippen molar-refractivity contribution in [3.05, 3.63) is 24.3 Å².